The zero-order chi connectivity index (χ0) is 19.4. The number of non-ortho nitro benzene ring substituents is 1. The summed E-state index contributed by atoms with van der Waals surface area (Å²) < 4.78 is 13.6. The highest BCUT2D eigenvalue weighted by Crippen LogP contribution is 2.28. The lowest BCUT2D eigenvalue weighted by Gasteiger charge is -2.16. The van der Waals surface area contributed by atoms with Crippen molar-refractivity contribution in [2.24, 2.45) is 0 Å². The van der Waals surface area contributed by atoms with Crippen LogP contribution in [0.1, 0.15) is 24.1 Å². The van der Waals surface area contributed by atoms with Gasteiger partial charge in [0.1, 0.15) is 5.82 Å². The molecule has 0 fully saturated rings. The number of hydrogen-bond donors (Lipinski definition) is 2. The summed E-state index contributed by atoms with van der Waals surface area (Å²) in [4.78, 5) is 22.3. The number of rotatable bonds is 6. The molecule has 2 rings (SSSR count). The van der Waals surface area contributed by atoms with E-state index in [-0.39, 0.29) is 23.2 Å². The second kappa shape index (κ2) is 8.44. The largest absolute Gasteiger partial charge is 0.325 e. The Hall–Kier alpha value is -2.22. The Morgan fingerprint density at radius 3 is 2.58 bits per heavy atom. The molecule has 0 saturated heterocycles. The van der Waals surface area contributed by atoms with Crippen molar-refractivity contribution >= 4 is 40.5 Å². The van der Waals surface area contributed by atoms with E-state index in [1.165, 1.54) is 30.3 Å². The number of nitrogens with zero attached hydrogens (tertiary/aromatic N) is 1. The molecule has 0 radical (unpaired) electrons. The summed E-state index contributed by atoms with van der Waals surface area (Å²) in [5.74, 6) is -0.940. The molecule has 0 heterocycles. The smallest absolute Gasteiger partial charge is 0.269 e. The topological polar surface area (TPSA) is 84.3 Å². The minimum absolute atomic E-state index is 0.0494. The second-order valence-electron chi connectivity index (χ2n) is 5.69. The van der Waals surface area contributed by atoms with Crippen LogP contribution < -0.4 is 10.6 Å². The van der Waals surface area contributed by atoms with E-state index in [4.69, 9.17) is 23.2 Å². The number of halogens is 3. The van der Waals surface area contributed by atoms with Crippen molar-refractivity contribution in [3.05, 3.63) is 67.4 Å². The SMILES string of the molecule is Cc1cc([N+](=O)[O-])ccc1NC(=O)CN[C@@H](C)c1cc(F)c(Cl)cc1Cl. The third kappa shape index (κ3) is 4.91. The van der Waals surface area contributed by atoms with Crippen molar-refractivity contribution < 1.29 is 14.1 Å². The number of amides is 1. The summed E-state index contributed by atoms with van der Waals surface area (Å²) in [7, 11) is 0. The van der Waals surface area contributed by atoms with Crippen LogP contribution in [-0.2, 0) is 4.79 Å². The number of hydrogen-bond acceptors (Lipinski definition) is 4. The Morgan fingerprint density at radius 1 is 1.27 bits per heavy atom. The van der Waals surface area contributed by atoms with Crippen molar-refractivity contribution in [2.75, 3.05) is 11.9 Å². The van der Waals surface area contributed by atoms with Crippen molar-refractivity contribution in [1.82, 2.24) is 5.32 Å². The highest BCUT2D eigenvalue weighted by atomic mass is 35.5. The van der Waals surface area contributed by atoms with Crippen molar-refractivity contribution in [2.45, 2.75) is 19.9 Å². The lowest BCUT2D eigenvalue weighted by molar-refractivity contribution is -0.384. The number of nitro groups is 1. The molecule has 0 aliphatic carbocycles. The van der Waals surface area contributed by atoms with Gasteiger partial charge in [-0.3, -0.25) is 14.9 Å². The van der Waals surface area contributed by atoms with Gasteiger partial charge in [-0.25, -0.2) is 4.39 Å². The maximum absolute atomic E-state index is 13.6. The molecule has 0 aliphatic rings. The number of aryl methyl sites for hydroxylation is 1. The molecule has 9 heteroatoms. The first-order chi connectivity index (χ1) is 12.2. The third-order valence-electron chi connectivity index (χ3n) is 3.77. The van der Waals surface area contributed by atoms with Crippen molar-refractivity contribution in [3.8, 4) is 0 Å². The van der Waals surface area contributed by atoms with Gasteiger partial charge < -0.3 is 10.6 Å². The number of nitro benzene ring substituents is 1. The number of benzene rings is 2. The molecule has 26 heavy (non-hydrogen) atoms. The van der Waals surface area contributed by atoms with E-state index >= 15 is 0 Å². The van der Waals surface area contributed by atoms with Crippen molar-refractivity contribution in [1.29, 1.82) is 0 Å². The van der Waals surface area contributed by atoms with Crippen LogP contribution in [0.15, 0.2) is 30.3 Å². The van der Waals surface area contributed by atoms with Gasteiger partial charge in [0, 0.05) is 28.9 Å². The lowest BCUT2D eigenvalue weighted by Crippen LogP contribution is -2.30. The fourth-order valence-electron chi connectivity index (χ4n) is 2.32. The normalized spacial score (nSPS) is 11.9. The predicted octanol–water partition coefficient (Wildman–Crippen LogP) is 4.64. The van der Waals surface area contributed by atoms with E-state index in [1.807, 2.05) is 0 Å². The lowest BCUT2D eigenvalue weighted by atomic mass is 10.1. The first-order valence-corrected chi connectivity index (χ1v) is 8.37. The molecule has 138 valence electrons. The Morgan fingerprint density at radius 2 is 1.96 bits per heavy atom. The fraction of sp³-hybridized carbons (Fsp3) is 0.235. The van der Waals surface area contributed by atoms with Gasteiger partial charge in [0.25, 0.3) is 5.69 Å². The third-order valence-corrected chi connectivity index (χ3v) is 4.39. The Balaban J connectivity index is 1.99. The standard InChI is InChI=1S/C17H16Cl2FN3O3/c1-9-5-11(23(25)26)3-4-16(9)22-17(24)8-21-10(2)12-6-15(20)14(19)7-13(12)18/h3-7,10,21H,8H2,1-2H3,(H,22,24)/t10-/m0/s1. The summed E-state index contributed by atoms with van der Waals surface area (Å²) in [6.45, 7) is 3.34. The Labute approximate surface area is 159 Å². The minimum atomic E-state index is -0.592. The minimum Gasteiger partial charge on any atom is -0.325 e. The van der Waals surface area contributed by atoms with Gasteiger partial charge in [0.15, 0.2) is 0 Å². The molecule has 0 bridgehead atoms. The van der Waals surface area contributed by atoms with Gasteiger partial charge in [0.2, 0.25) is 5.91 Å². The van der Waals surface area contributed by atoms with E-state index in [1.54, 1.807) is 13.8 Å². The molecule has 6 nitrogen and oxygen atoms in total. The molecular formula is C17H16Cl2FN3O3. The molecule has 0 spiro atoms. The van der Waals surface area contributed by atoms with Crippen LogP contribution >= 0.6 is 23.2 Å². The number of carbonyl (C=O) groups excluding carboxylic acids is 1. The zero-order valence-electron chi connectivity index (χ0n) is 14.0. The molecule has 0 unspecified atom stereocenters. The molecule has 2 aromatic carbocycles. The molecular weight excluding hydrogens is 384 g/mol. The fourth-order valence-corrected chi connectivity index (χ4v) is 2.87. The van der Waals surface area contributed by atoms with Gasteiger partial charge in [-0.15, -0.1) is 0 Å². The van der Waals surface area contributed by atoms with Gasteiger partial charge in [0.05, 0.1) is 16.5 Å². The number of anilines is 1. The van der Waals surface area contributed by atoms with Gasteiger partial charge in [-0.1, -0.05) is 23.2 Å². The van der Waals surface area contributed by atoms with E-state index in [0.29, 0.717) is 21.8 Å². The van der Waals surface area contributed by atoms with Crippen LogP contribution in [0, 0.1) is 22.9 Å². The van der Waals surface area contributed by atoms with Crippen LogP contribution in [0.25, 0.3) is 0 Å². The monoisotopic (exact) mass is 399 g/mol. The maximum atomic E-state index is 13.6. The summed E-state index contributed by atoms with van der Waals surface area (Å²) >= 11 is 11.7. The zero-order valence-corrected chi connectivity index (χ0v) is 15.5. The first kappa shape index (κ1) is 20.1. The van der Waals surface area contributed by atoms with Gasteiger partial charge in [-0.2, -0.15) is 0 Å². The first-order valence-electron chi connectivity index (χ1n) is 7.61. The predicted molar refractivity (Wildman–Crippen MR) is 99.3 cm³/mol. The number of carbonyl (C=O) groups is 1. The van der Waals surface area contributed by atoms with Crippen LogP contribution in [0.2, 0.25) is 10.0 Å². The molecule has 2 aromatic rings. The van der Waals surface area contributed by atoms with Crippen LogP contribution in [0.5, 0.6) is 0 Å². The van der Waals surface area contributed by atoms with E-state index in [9.17, 15) is 19.3 Å². The Bertz CT molecular complexity index is 861. The van der Waals surface area contributed by atoms with Crippen LogP contribution in [0.4, 0.5) is 15.8 Å². The highest BCUT2D eigenvalue weighted by Gasteiger charge is 2.15. The summed E-state index contributed by atoms with van der Waals surface area (Å²) in [6.07, 6.45) is 0. The van der Waals surface area contributed by atoms with E-state index in [2.05, 4.69) is 10.6 Å². The van der Waals surface area contributed by atoms with Crippen LogP contribution in [-0.4, -0.2) is 17.4 Å². The maximum Gasteiger partial charge on any atom is 0.269 e. The quantitative estimate of drug-likeness (QED) is 0.420. The van der Waals surface area contributed by atoms with Gasteiger partial charge in [-0.05, 0) is 43.2 Å². The van der Waals surface area contributed by atoms with E-state index in [0.717, 1.165) is 0 Å². The molecule has 0 aliphatic heterocycles. The van der Waals surface area contributed by atoms with Crippen LogP contribution in [0.3, 0.4) is 0 Å². The molecule has 1 atom stereocenters. The second-order valence-corrected chi connectivity index (χ2v) is 6.51. The molecule has 2 N–H and O–H groups in total. The van der Waals surface area contributed by atoms with E-state index < -0.39 is 16.8 Å². The number of nitrogens with one attached hydrogen (secondary N) is 2. The summed E-state index contributed by atoms with van der Waals surface area (Å²) in [6, 6.07) is 6.31. The average Bonchev–Trinajstić information content (AvgIpc) is 2.57. The molecule has 0 saturated carbocycles. The summed E-state index contributed by atoms with van der Waals surface area (Å²) in [5.41, 5.74) is 1.48. The average molecular weight is 400 g/mol. The molecule has 1 amide bonds. The van der Waals surface area contributed by atoms with Crippen molar-refractivity contribution in [3.63, 3.8) is 0 Å². The van der Waals surface area contributed by atoms with Gasteiger partial charge >= 0.3 is 0 Å². The highest BCUT2D eigenvalue weighted by molar-refractivity contribution is 6.35. The summed E-state index contributed by atoms with van der Waals surface area (Å²) in [5, 5.41) is 16.6. The molecule has 0 aromatic heterocycles. The Kier molecular flexibility index (Phi) is 6.52.